The zero-order chi connectivity index (χ0) is 13.0. The summed E-state index contributed by atoms with van der Waals surface area (Å²) in [5.74, 6) is -2.16. The SMILES string of the molecule is CSC1CCCC1NC(=O)C(C)C(C)C(=O)O. The van der Waals surface area contributed by atoms with E-state index in [4.69, 9.17) is 5.11 Å². The molecule has 5 heteroatoms. The molecule has 1 aliphatic rings. The molecule has 0 radical (unpaired) electrons. The summed E-state index contributed by atoms with van der Waals surface area (Å²) >= 11 is 1.78. The summed E-state index contributed by atoms with van der Waals surface area (Å²) in [6.07, 6.45) is 5.33. The molecule has 0 bridgehead atoms. The van der Waals surface area contributed by atoms with Crippen LogP contribution in [0.25, 0.3) is 0 Å². The summed E-state index contributed by atoms with van der Waals surface area (Å²) in [5.41, 5.74) is 0. The maximum absolute atomic E-state index is 11.9. The summed E-state index contributed by atoms with van der Waals surface area (Å²) in [6, 6.07) is 0.209. The van der Waals surface area contributed by atoms with Crippen LogP contribution in [0.2, 0.25) is 0 Å². The van der Waals surface area contributed by atoms with Crippen molar-refractivity contribution in [3.63, 3.8) is 0 Å². The molecular weight excluding hydrogens is 238 g/mol. The maximum atomic E-state index is 11.9. The molecule has 1 aliphatic carbocycles. The molecule has 4 atom stereocenters. The van der Waals surface area contributed by atoms with Crippen molar-refractivity contribution in [2.45, 2.75) is 44.4 Å². The number of rotatable bonds is 5. The Bertz CT molecular complexity index is 295. The lowest BCUT2D eigenvalue weighted by Gasteiger charge is -2.23. The molecule has 17 heavy (non-hydrogen) atoms. The first-order valence-corrected chi connectivity index (χ1v) is 7.32. The van der Waals surface area contributed by atoms with Gasteiger partial charge in [0, 0.05) is 17.2 Å². The van der Waals surface area contributed by atoms with E-state index in [0.717, 1.165) is 19.3 Å². The first-order valence-electron chi connectivity index (χ1n) is 6.03. The van der Waals surface area contributed by atoms with Gasteiger partial charge in [-0.1, -0.05) is 20.3 Å². The highest BCUT2D eigenvalue weighted by molar-refractivity contribution is 7.99. The first kappa shape index (κ1) is 14.4. The van der Waals surface area contributed by atoms with Crippen molar-refractivity contribution >= 4 is 23.6 Å². The molecule has 1 rings (SSSR count). The van der Waals surface area contributed by atoms with Crippen molar-refractivity contribution in [2.75, 3.05) is 6.26 Å². The minimum Gasteiger partial charge on any atom is -0.481 e. The molecule has 2 N–H and O–H groups in total. The third kappa shape index (κ3) is 3.63. The molecule has 0 heterocycles. The predicted octanol–water partition coefficient (Wildman–Crippen LogP) is 1.74. The van der Waals surface area contributed by atoms with Crippen LogP contribution < -0.4 is 5.32 Å². The largest absolute Gasteiger partial charge is 0.481 e. The standard InChI is InChI=1S/C12H21NO3S/c1-7(8(2)12(15)16)11(14)13-9-5-4-6-10(9)17-3/h7-10H,4-6H2,1-3H3,(H,13,14)(H,15,16). The van der Waals surface area contributed by atoms with Gasteiger partial charge in [-0.3, -0.25) is 9.59 Å². The molecule has 1 amide bonds. The normalized spacial score (nSPS) is 27.5. The molecule has 4 nitrogen and oxygen atoms in total. The lowest BCUT2D eigenvalue weighted by atomic mass is 9.95. The molecule has 98 valence electrons. The Labute approximate surface area is 107 Å². The predicted molar refractivity (Wildman–Crippen MR) is 69.0 cm³/mol. The quantitative estimate of drug-likeness (QED) is 0.789. The maximum Gasteiger partial charge on any atom is 0.307 e. The van der Waals surface area contributed by atoms with Crippen molar-refractivity contribution < 1.29 is 14.7 Å². The molecule has 1 saturated carbocycles. The van der Waals surface area contributed by atoms with Gasteiger partial charge in [-0.15, -0.1) is 0 Å². The second-order valence-corrected chi connectivity index (χ2v) is 5.81. The number of nitrogens with one attached hydrogen (secondary N) is 1. The van der Waals surface area contributed by atoms with Crippen molar-refractivity contribution in [1.82, 2.24) is 5.32 Å². The lowest BCUT2D eigenvalue weighted by molar-refractivity contribution is -0.146. The molecular formula is C12H21NO3S. The fraction of sp³-hybridized carbons (Fsp3) is 0.833. The third-order valence-electron chi connectivity index (χ3n) is 3.64. The van der Waals surface area contributed by atoms with Gasteiger partial charge in [-0.05, 0) is 19.1 Å². The van der Waals surface area contributed by atoms with Gasteiger partial charge in [0.1, 0.15) is 0 Å². The Morgan fingerprint density at radius 2 is 1.94 bits per heavy atom. The van der Waals surface area contributed by atoms with Gasteiger partial charge >= 0.3 is 5.97 Å². The number of carboxylic acids is 1. The van der Waals surface area contributed by atoms with Crippen molar-refractivity contribution in [2.24, 2.45) is 11.8 Å². The van der Waals surface area contributed by atoms with Gasteiger partial charge in [0.15, 0.2) is 0 Å². The van der Waals surface area contributed by atoms with Crippen LogP contribution >= 0.6 is 11.8 Å². The van der Waals surface area contributed by atoms with Crippen LogP contribution in [0.4, 0.5) is 0 Å². The lowest BCUT2D eigenvalue weighted by Crippen LogP contribution is -2.43. The van der Waals surface area contributed by atoms with Crippen LogP contribution in [0, 0.1) is 11.8 Å². The topological polar surface area (TPSA) is 66.4 Å². The Morgan fingerprint density at radius 3 is 2.47 bits per heavy atom. The smallest absolute Gasteiger partial charge is 0.307 e. The fourth-order valence-corrected chi connectivity index (χ4v) is 3.06. The van der Waals surface area contributed by atoms with Gasteiger partial charge in [0.25, 0.3) is 0 Å². The van der Waals surface area contributed by atoms with E-state index in [-0.39, 0.29) is 11.9 Å². The van der Waals surface area contributed by atoms with E-state index in [1.165, 1.54) is 0 Å². The summed E-state index contributed by atoms with van der Waals surface area (Å²) in [4.78, 5) is 22.7. The molecule has 0 aliphatic heterocycles. The Kier molecular flexibility index (Phi) is 5.31. The average molecular weight is 259 g/mol. The van der Waals surface area contributed by atoms with Crippen molar-refractivity contribution in [3.8, 4) is 0 Å². The number of aliphatic carboxylic acids is 1. The number of hydrogen-bond acceptors (Lipinski definition) is 3. The molecule has 0 aromatic rings. The second-order valence-electron chi connectivity index (χ2n) is 4.74. The van der Waals surface area contributed by atoms with E-state index in [9.17, 15) is 9.59 Å². The van der Waals surface area contributed by atoms with Crippen LogP contribution in [-0.4, -0.2) is 34.5 Å². The number of carbonyl (C=O) groups excluding carboxylic acids is 1. The molecule has 0 aromatic heterocycles. The second kappa shape index (κ2) is 6.28. The fourth-order valence-electron chi connectivity index (χ4n) is 2.13. The Balaban J connectivity index is 2.51. The molecule has 0 aromatic carbocycles. The van der Waals surface area contributed by atoms with E-state index in [2.05, 4.69) is 11.6 Å². The van der Waals surface area contributed by atoms with Crippen molar-refractivity contribution in [3.05, 3.63) is 0 Å². The molecule has 1 fully saturated rings. The van der Waals surface area contributed by atoms with E-state index >= 15 is 0 Å². The van der Waals surface area contributed by atoms with Gasteiger partial charge < -0.3 is 10.4 Å². The highest BCUT2D eigenvalue weighted by Gasteiger charge is 2.31. The van der Waals surface area contributed by atoms with Crippen LogP contribution in [0.15, 0.2) is 0 Å². The third-order valence-corrected chi connectivity index (χ3v) is 4.81. The number of thioether (sulfide) groups is 1. The highest BCUT2D eigenvalue weighted by Crippen LogP contribution is 2.28. The van der Waals surface area contributed by atoms with Crippen molar-refractivity contribution in [1.29, 1.82) is 0 Å². The number of carboxylic acid groups (broad SMARTS) is 1. The first-order chi connectivity index (χ1) is 7.97. The van der Waals surface area contributed by atoms with E-state index < -0.39 is 17.8 Å². The Hall–Kier alpha value is -0.710. The van der Waals surface area contributed by atoms with Crippen LogP contribution in [0.1, 0.15) is 33.1 Å². The number of carbonyl (C=O) groups is 2. The van der Waals surface area contributed by atoms with Gasteiger partial charge in [0.05, 0.1) is 5.92 Å². The number of hydrogen-bond donors (Lipinski definition) is 2. The summed E-state index contributed by atoms with van der Waals surface area (Å²) < 4.78 is 0. The highest BCUT2D eigenvalue weighted by atomic mass is 32.2. The summed E-state index contributed by atoms with van der Waals surface area (Å²) in [6.45, 7) is 3.25. The summed E-state index contributed by atoms with van der Waals surface area (Å²) in [5, 5.41) is 12.3. The summed E-state index contributed by atoms with van der Waals surface area (Å²) in [7, 11) is 0. The molecule has 0 saturated heterocycles. The van der Waals surface area contributed by atoms with Gasteiger partial charge in [-0.25, -0.2) is 0 Å². The van der Waals surface area contributed by atoms with Crippen LogP contribution in [-0.2, 0) is 9.59 Å². The van der Waals surface area contributed by atoms with E-state index in [0.29, 0.717) is 5.25 Å². The zero-order valence-corrected chi connectivity index (χ0v) is 11.4. The Morgan fingerprint density at radius 1 is 1.29 bits per heavy atom. The van der Waals surface area contributed by atoms with E-state index in [1.54, 1.807) is 25.6 Å². The monoisotopic (exact) mass is 259 g/mol. The van der Waals surface area contributed by atoms with Gasteiger partial charge in [0.2, 0.25) is 5.91 Å². The van der Waals surface area contributed by atoms with Gasteiger partial charge in [-0.2, -0.15) is 11.8 Å². The molecule has 0 spiro atoms. The molecule has 4 unspecified atom stereocenters. The zero-order valence-electron chi connectivity index (χ0n) is 10.6. The van der Waals surface area contributed by atoms with Crippen LogP contribution in [0.3, 0.4) is 0 Å². The van der Waals surface area contributed by atoms with Crippen LogP contribution in [0.5, 0.6) is 0 Å². The average Bonchev–Trinajstić information content (AvgIpc) is 2.73. The van der Waals surface area contributed by atoms with E-state index in [1.807, 2.05) is 0 Å². The minimum atomic E-state index is -0.916. The number of amides is 1. The minimum absolute atomic E-state index is 0.133.